The molecule has 6 nitrogen and oxygen atoms in total. The zero-order valence-corrected chi connectivity index (χ0v) is 12.9. The molecule has 120 valence electrons. The summed E-state index contributed by atoms with van der Waals surface area (Å²) in [5.41, 5.74) is 0.371. The predicted octanol–water partition coefficient (Wildman–Crippen LogP) is 1.15. The summed E-state index contributed by atoms with van der Waals surface area (Å²) >= 11 is 0. The summed E-state index contributed by atoms with van der Waals surface area (Å²) in [6.45, 7) is 4.67. The van der Waals surface area contributed by atoms with Crippen molar-refractivity contribution < 1.29 is 23.8 Å². The van der Waals surface area contributed by atoms with Crippen LogP contribution in [0.5, 0.6) is 0 Å². The number of esters is 2. The third-order valence-corrected chi connectivity index (χ3v) is 3.47. The van der Waals surface area contributed by atoms with Crippen LogP contribution < -0.4 is 0 Å². The summed E-state index contributed by atoms with van der Waals surface area (Å²) in [4.78, 5) is 25.2. The topological polar surface area (TPSA) is 65.1 Å². The first-order valence-corrected chi connectivity index (χ1v) is 7.34. The molecule has 0 N–H and O–H groups in total. The second-order valence-corrected chi connectivity index (χ2v) is 4.95. The van der Waals surface area contributed by atoms with E-state index in [1.807, 2.05) is 0 Å². The van der Waals surface area contributed by atoms with Crippen LogP contribution in [0.25, 0.3) is 0 Å². The highest BCUT2D eigenvalue weighted by Crippen LogP contribution is 2.12. The van der Waals surface area contributed by atoms with E-state index in [0.29, 0.717) is 12.0 Å². The Morgan fingerprint density at radius 2 is 1.81 bits per heavy atom. The number of carbonyl (C=O) groups excluding carboxylic acids is 2. The standard InChI is InChI=1S/C15H25NO5/c1-19-14(17)12-13(15(18)20-2)6-4-3-5-7-16-8-10-21-11-9-16/h12H,3-11H2,1-2H3/b13-12+. The average molecular weight is 299 g/mol. The lowest BCUT2D eigenvalue weighted by Crippen LogP contribution is -2.36. The summed E-state index contributed by atoms with van der Waals surface area (Å²) in [6, 6.07) is 0. The summed E-state index contributed by atoms with van der Waals surface area (Å²) in [6.07, 6.45) is 4.68. The number of carbonyl (C=O) groups is 2. The van der Waals surface area contributed by atoms with E-state index in [9.17, 15) is 9.59 Å². The molecule has 1 aliphatic heterocycles. The highest BCUT2D eigenvalue weighted by molar-refractivity contribution is 5.96. The third kappa shape index (κ3) is 7.24. The molecule has 21 heavy (non-hydrogen) atoms. The van der Waals surface area contributed by atoms with Gasteiger partial charge in [-0.2, -0.15) is 0 Å². The Balaban J connectivity index is 2.24. The zero-order chi connectivity index (χ0) is 15.5. The number of unbranched alkanes of at least 4 members (excludes halogenated alkanes) is 2. The quantitative estimate of drug-likeness (QED) is 0.380. The molecule has 0 atom stereocenters. The van der Waals surface area contributed by atoms with E-state index in [0.717, 1.165) is 52.1 Å². The van der Waals surface area contributed by atoms with E-state index in [2.05, 4.69) is 14.4 Å². The van der Waals surface area contributed by atoms with Crippen LogP contribution in [-0.4, -0.2) is 63.9 Å². The van der Waals surface area contributed by atoms with Gasteiger partial charge in [-0.25, -0.2) is 9.59 Å². The molecule has 1 saturated heterocycles. The van der Waals surface area contributed by atoms with Crippen molar-refractivity contribution >= 4 is 11.9 Å². The molecule has 0 spiro atoms. The highest BCUT2D eigenvalue weighted by Gasteiger charge is 2.13. The molecule has 1 aliphatic rings. The zero-order valence-electron chi connectivity index (χ0n) is 12.9. The smallest absolute Gasteiger partial charge is 0.333 e. The molecule has 0 aromatic carbocycles. The van der Waals surface area contributed by atoms with Gasteiger partial charge in [-0.15, -0.1) is 0 Å². The van der Waals surface area contributed by atoms with Crippen molar-refractivity contribution in [2.45, 2.75) is 25.7 Å². The molecular formula is C15H25NO5. The van der Waals surface area contributed by atoms with Gasteiger partial charge in [-0.1, -0.05) is 6.42 Å². The van der Waals surface area contributed by atoms with Gasteiger partial charge in [0.25, 0.3) is 0 Å². The summed E-state index contributed by atoms with van der Waals surface area (Å²) in [7, 11) is 2.60. The van der Waals surface area contributed by atoms with Gasteiger partial charge in [0.1, 0.15) is 0 Å². The number of hydrogen-bond acceptors (Lipinski definition) is 6. The third-order valence-electron chi connectivity index (χ3n) is 3.47. The Hall–Kier alpha value is -1.40. The second kappa shape index (κ2) is 10.3. The molecule has 6 heteroatoms. The van der Waals surface area contributed by atoms with Gasteiger partial charge in [-0.05, 0) is 25.8 Å². The predicted molar refractivity (Wildman–Crippen MR) is 77.8 cm³/mol. The SMILES string of the molecule is COC(=O)/C=C(\CCCCCN1CCOCC1)C(=O)OC. The van der Waals surface area contributed by atoms with Crippen molar-refractivity contribution in [2.75, 3.05) is 47.1 Å². The lowest BCUT2D eigenvalue weighted by Gasteiger charge is -2.26. The fraction of sp³-hybridized carbons (Fsp3) is 0.733. The van der Waals surface area contributed by atoms with Gasteiger partial charge in [0, 0.05) is 24.7 Å². The molecule has 0 aromatic rings. The Morgan fingerprint density at radius 1 is 1.10 bits per heavy atom. The maximum Gasteiger partial charge on any atom is 0.333 e. The van der Waals surface area contributed by atoms with Crippen LogP contribution in [0, 0.1) is 0 Å². The first-order valence-electron chi connectivity index (χ1n) is 7.34. The fourth-order valence-electron chi connectivity index (χ4n) is 2.22. The minimum atomic E-state index is -0.524. The van der Waals surface area contributed by atoms with Crippen molar-refractivity contribution in [2.24, 2.45) is 0 Å². The first kappa shape index (κ1) is 17.7. The van der Waals surface area contributed by atoms with Gasteiger partial charge in [0.05, 0.1) is 27.4 Å². The molecule has 1 fully saturated rings. The Kier molecular flexibility index (Phi) is 8.69. The molecule has 0 amide bonds. The molecule has 0 aliphatic carbocycles. The molecule has 0 aromatic heterocycles. The lowest BCUT2D eigenvalue weighted by atomic mass is 10.1. The molecule has 0 saturated carbocycles. The van der Waals surface area contributed by atoms with Crippen LogP contribution >= 0.6 is 0 Å². The molecular weight excluding hydrogens is 274 g/mol. The largest absolute Gasteiger partial charge is 0.466 e. The lowest BCUT2D eigenvalue weighted by molar-refractivity contribution is -0.138. The van der Waals surface area contributed by atoms with E-state index in [1.165, 1.54) is 20.3 Å². The van der Waals surface area contributed by atoms with E-state index in [1.54, 1.807) is 0 Å². The number of nitrogens with zero attached hydrogens (tertiary/aromatic N) is 1. The number of morpholine rings is 1. The van der Waals surface area contributed by atoms with Gasteiger partial charge in [0.15, 0.2) is 0 Å². The second-order valence-electron chi connectivity index (χ2n) is 4.95. The normalized spacial score (nSPS) is 16.6. The number of methoxy groups -OCH3 is 2. The monoisotopic (exact) mass is 299 g/mol. The number of hydrogen-bond donors (Lipinski definition) is 0. The molecule has 1 heterocycles. The average Bonchev–Trinajstić information content (AvgIpc) is 2.53. The van der Waals surface area contributed by atoms with Crippen LogP contribution in [0.4, 0.5) is 0 Å². The Bertz CT molecular complexity index is 361. The minimum absolute atomic E-state index is 0.371. The maximum atomic E-state index is 11.6. The van der Waals surface area contributed by atoms with Crippen LogP contribution in [-0.2, 0) is 23.8 Å². The molecule has 0 radical (unpaired) electrons. The molecule has 0 unspecified atom stereocenters. The van der Waals surface area contributed by atoms with Crippen molar-refractivity contribution in [1.29, 1.82) is 0 Å². The summed E-state index contributed by atoms with van der Waals surface area (Å²) < 4.78 is 14.5. The fourth-order valence-corrected chi connectivity index (χ4v) is 2.22. The van der Waals surface area contributed by atoms with E-state index >= 15 is 0 Å². The van der Waals surface area contributed by atoms with Gasteiger partial charge in [0.2, 0.25) is 0 Å². The van der Waals surface area contributed by atoms with Gasteiger partial charge < -0.3 is 14.2 Å². The van der Waals surface area contributed by atoms with Crippen LogP contribution in [0.2, 0.25) is 0 Å². The van der Waals surface area contributed by atoms with Crippen molar-refractivity contribution in [1.82, 2.24) is 4.90 Å². The van der Waals surface area contributed by atoms with Crippen molar-refractivity contribution in [3.05, 3.63) is 11.6 Å². The van der Waals surface area contributed by atoms with Crippen LogP contribution in [0.3, 0.4) is 0 Å². The van der Waals surface area contributed by atoms with Gasteiger partial charge in [-0.3, -0.25) is 4.90 Å². The number of ether oxygens (including phenoxy) is 3. The van der Waals surface area contributed by atoms with Crippen molar-refractivity contribution in [3.8, 4) is 0 Å². The van der Waals surface area contributed by atoms with Crippen LogP contribution in [0.15, 0.2) is 11.6 Å². The summed E-state index contributed by atoms with van der Waals surface area (Å²) in [5.74, 6) is -0.989. The van der Waals surface area contributed by atoms with Crippen LogP contribution in [0.1, 0.15) is 25.7 Å². The Labute approximate surface area is 126 Å². The molecule has 1 rings (SSSR count). The number of rotatable bonds is 8. The first-order chi connectivity index (χ1) is 10.2. The van der Waals surface area contributed by atoms with Gasteiger partial charge >= 0.3 is 11.9 Å². The minimum Gasteiger partial charge on any atom is -0.466 e. The van der Waals surface area contributed by atoms with E-state index in [4.69, 9.17) is 4.74 Å². The molecule has 0 bridgehead atoms. The van der Waals surface area contributed by atoms with E-state index < -0.39 is 11.9 Å². The maximum absolute atomic E-state index is 11.6. The highest BCUT2D eigenvalue weighted by atomic mass is 16.5. The Morgan fingerprint density at radius 3 is 2.43 bits per heavy atom. The van der Waals surface area contributed by atoms with E-state index in [-0.39, 0.29) is 0 Å². The summed E-state index contributed by atoms with van der Waals surface area (Å²) in [5, 5.41) is 0. The van der Waals surface area contributed by atoms with Crippen molar-refractivity contribution in [3.63, 3.8) is 0 Å².